The molecule has 0 aliphatic heterocycles. The number of halogens is 1. The fourth-order valence-corrected chi connectivity index (χ4v) is 2.08. The molecule has 2 unspecified atom stereocenters. The van der Waals surface area contributed by atoms with Crippen LogP contribution in [0.2, 0.25) is 0 Å². The van der Waals surface area contributed by atoms with Crippen LogP contribution < -0.4 is 0 Å². The van der Waals surface area contributed by atoms with E-state index in [1.165, 1.54) is 6.39 Å². The molecule has 1 aliphatic rings. The van der Waals surface area contributed by atoms with Crippen molar-refractivity contribution in [2.24, 2.45) is 0 Å². The van der Waals surface area contributed by atoms with Crippen LogP contribution in [0.5, 0.6) is 0 Å². The van der Waals surface area contributed by atoms with Gasteiger partial charge in [0.2, 0.25) is 0 Å². The summed E-state index contributed by atoms with van der Waals surface area (Å²) in [4.78, 5) is 6.05. The van der Waals surface area contributed by atoms with Crippen LogP contribution in [0.3, 0.4) is 0 Å². The van der Waals surface area contributed by atoms with E-state index in [9.17, 15) is 4.39 Å². The maximum Gasteiger partial charge on any atom is 0.180 e. The van der Waals surface area contributed by atoms with Crippen molar-refractivity contribution in [3.05, 3.63) is 18.4 Å². The first-order chi connectivity index (χ1) is 6.77. The summed E-state index contributed by atoms with van der Waals surface area (Å²) >= 11 is 0. The second-order valence-electron chi connectivity index (χ2n) is 3.91. The predicted molar refractivity (Wildman–Crippen MR) is 50.5 cm³/mol. The first-order valence-electron chi connectivity index (χ1n) is 4.99. The van der Waals surface area contributed by atoms with Gasteiger partial charge in [0, 0.05) is 12.6 Å². The molecule has 0 radical (unpaired) electrons. The van der Waals surface area contributed by atoms with Gasteiger partial charge in [-0.2, -0.15) is 0 Å². The average Bonchev–Trinajstić information content (AvgIpc) is 2.75. The summed E-state index contributed by atoms with van der Waals surface area (Å²) in [7, 11) is 1.94. The average molecular weight is 198 g/mol. The Kier molecular flexibility index (Phi) is 2.82. The summed E-state index contributed by atoms with van der Waals surface area (Å²) in [5.41, 5.74) is 0.867. The molecule has 0 saturated heterocycles. The molecule has 1 aromatic heterocycles. The van der Waals surface area contributed by atoms with Crippen LogP contribution in [0.4, 0.5) is 4.39 Å². The SMILES string of the molecule is CN(Cc1cocn1)C1CCCC1F. The minimum Gasteiger partial charge on any atom is -0.451 e. The number of rotatable bonds is 3. The molecule has 2 atom stereocenters. The van der Waals surface area contributed by atoms with E-state index < -0.39 is 6.17 Å². The minimum atomic E-state index is -0.674. The summed E-state index contributed by atoms with van der Waals surface area (Å²) in [6.45, 7) is 0.668. The lowest BCUT2D eigenvalue weighted by molar-refractivity contribution is 0.152. The van der Waals surface area contributed by atoms with Gasteiger partial charge in [-0.1, -0.05) is 0 Å². The molecule has 0 bridgehead atoms. The van der Waals surface area contributed by atoms with Crippen molar-refractivity contribution in [2.45, 2.75) is 38.0 Å². The zero-order chi connectivity index (χ0) is 9.97. The molecule has 1 saturated carbocycles. The Bertz CT molecular complexity index is 276. The summed E-state index contributed by atoms with van der Waals surface area (Å²) in [6, 6.07) is 0.0618. The third-order valence-corrected chi connectivity index (χ3v) is 2.86. The largest absolute Gasteiger partial charge is 0.451 e. The molecule has 1 aromatic rings. The number of alkyl halides is 1. The quantitative estimate of drug-likeness (QED) is 0.743. The summed E-state index contributed by atoms with van der Waals surface area (Å²) in [5.74, 6) is 0. The number of nitrogens with zero attached hydrogens (tertiary/aromatic N) is 2. The topological polar surface area (TPSA) is 29.3 Å². The molecule has 2 rings (SSSR count). The van der Waals surface area contributed by atoms with Gasteiger partial charge in [-0.05, 0) is 26.3 Å². The van der Waals surface area contributed by atoms with Gasteiger partial charge in [0.15, 0.2) is 6.39 Å². The van der Waals surface area contributed by atoms with E-state index in [4.69, 9.17) is 4.42 Å². The van der Waals surface area contributed by atoms with Gasteiger partial charge < -0.3 is 4.42 Å². The molecule has 78 valence electrons. The van der Waals surface area contributed by atoms with Crippen molar-refractivity contribution in [3.63, 3.8) is 0 Å². The van der Waals surface area contributed by atoms with Gasteiger partial charge in [0.1, 0.15) is 12.4 Å². The predicted octanol–water partition coefficient (Wildman–Crippen LogP) is 2.00. The zero-order valence-electron chi connectivity index (χ0n) is 8.32. The molecular formula is C10H15FN2O. The van der Waals surface area contributed by atoms with Crippen LogP contribution >= 0.6 is 0 Å². The van der Waals surface area contributed by atoms with E-state index in [2.05, 4.69) is 4.98 Å². The lowest BCUT2D eigenvalue weighted by atomic mass is 10.2. The smallest absolute Gasteiger partial charge is 0.180 e. The fourth-order valence-electron chi connectivity index (χ4n) is 2.08. The van der Waals surface area contributed by atoms with Crippen LogP contribution in [0, 0.1) is 0 Å². The molecule has 0 amide bonds. The van der Waals surface area contributed by atoms with Crippen molar-refractivity contribution in [2.75, 3.05) is 7.05 Å². The second-order valence-corrected chi connectivity index (χ2v) is 3.91. The molecular weight excluding hydrogens is 183 g/mol. The number of aromatic nitrogens is 1. The Morgan fingerprint density at radius 2 is 2.50 bits per heavy atom. The molecule has 0 spiro atoms. The Morgan fingerprint density at radius 1 is 1.64 bits per heavy atom. The lowest BCUT2D eigenvalue weighted by Gasteiger charge is -2.24. The molecule has 0 N–H and O–H groups in total. The highest BCUT2D eigenvalue weighted by Crippen LogP contribution is 2.26. The van der Waals surface area contributed by atoms with Crippen LogP contribution in [-0.4, -0.2) is 29.1 Å². The maximum absolute atomic E-state index is 13.4. The van der Waals surface area contributed by atoms with E-state index in [0.717, 1.165) is 18.5 Å². The first kappa shape index (κ1) is 9.65. The van der Waals surface area contributed by atoms with Crippen LogP contribution in [0.25, 0.3) is 0 Å². The molecule has 3 nitrogen and oxygen atoms in total. The van der Waals surface area contributed by atoms with E-state index in [0.29, 0.717) is 13.0 Å². The normalized spacial score (nSPS) is 27.4. The fraction of sp³-hybridized carbons (Fsp3) is 0.700. The Labute approximate surface area is 82.9 Å². The summed E-state index contributed by atoms with van der Waals surface area (Å²) < 4.78 is 18.3. The van der Waals surface area contributed by atoms with Gasteiger partial charge in [-0.15, -0.1) is 0 Å². The van der Waals surface area contributed by atoms with Crippen molar-refractivity contribution in [1.29, 1.82) is 0 Å². The van der Waals surface area contributed by atoms with Crippen molar-refractivity contribution in [3.8, 4) is 0 Å². The molecule has 4 heteroatoms. The van der Waals surface area contributed by atoms with E-state index in [-0.39, 0.29) is 6.04 Å². The van der Waals surface area contributed by atoms with Crippen LogP contribution in [-0.2, 0) is 6.54 Å². The highest BCUT2D eigenvalue weighted by molar-refractivity contribution is 4.93. The lowest BCUT2D eigenvalue weighted by Crippen LogP contribution is -2.35. The van der Waals surface area contributed by atoms with Crippen LogP contribution in [0.1, 0.15) is 25.0 Å². The van der Waals surface area contributed by atoms with Crippen molar-refractivity contribution >= 4 is 0 Å². The van der Waals surface area contributed by atoms with Gasteiger partial charge >= 0.3 is 0 Å². The van der Waals surface area contributed by atoms with E-state index in [1.807, 2.05) is 11.9 Å². The third kappa shape index (κ3) is 1.95. The standard InChI is InChI=1S/C10H15FN2O/c1-13(5-8-6-14-7-12-8)10-4-2-3-9(10)11/h6-7,9-10H,2-5H2,1H3. The Hall–Kier alpha value is -0.900. The Balaban J connectivity index is 1.92. The second kappa shape index (κ2) is 4.09. The minimum absolute atomic E-state index is 0.0618. The zero-order valence-corrected chi connectivity index (χ0v) is 8.32. The van der Waals surface area contributed by atoms with E-state index in [1.54, 1.807) is 6.26 Å². The molecule has 1 fully saturated rings. The molecule has 1 aliphatic carbocycles. The number of hydrogen-bond acceptors (Lipinski definition) is 3. The van der Waals surface area contributed by atoms with Gasteiger partial charge in [0.25, 0.3) is 0 Å². The highest BCUT2D eigenvalue weighted by atomic mass is 19.1. The number of oxazole rings is 1. The van der Waals surface area contributed by atoms with Gasteiger partial charge in [-0.3, -0.25) is 4.90 Å². The summed E-state index contributed by atoms with van der Waals surface area (Å²) in [5, 5.41) is 0. The molecule has 0 aromatic carbocycles. The first-order valence-corrected chi connectivity index (χ1v) is 4.99. The highest BCUT2D eigenvalue weighted by Gasteiger charge is 2.30. The third-order valence-electron chi connectivity index (χ3n) is 2.86. The molecule has 14 heavy (non-hydrogen) atoms. The molecule has 1 heterocycles. The Morgan fingerprint density at radius 3 is 3.07 bits per heavy atom. The van der Waals surface area contributed by atoms with Gasteiger partial charge in [-0.25, -0.2) is 9.37 Å². The monoisotopic (exact) mass is 198 g/mol. The maximum atomic E-state index is 13.4. The van der Waals surface area contributed by atoms with Crippen LogP contribution in [0.15, 0.2) is 17.1 Å². The number of hydrogen-bond donors (Lipinski definition) is 0. The summed E-state index contributed by atoms with van der Waals surface area (Å²) in [6.07, 6.45) is 4.99. The van der Waals surface area contributed by atoms with E-state index >= 15 is 0 Å². The van der Waals surface area contributed by atoms with Crippen molar-refractivity contribution < 1.29 is 8.81 Å². The van der Waals surface area contributed by atoms with Gasteiger partial charge in [0.05, 0.1) is 5.69 Å². The van der Waals surface area contributed by atoms with Crippen molar-refractivity contribution in [1.82, 2.24) is 9.88 Å².